The number of carbonyl (C=O) groups excluding carboxylic acids is 2. The number of hydrogen-bond acceptors (Lipinski definition) is 5. The molecular weight excluding hydrogens is 393 g/mol. The van der Waals surface area contributed by atoms with Crippen LogP contribution in [0.15, 0.2) is 48.5 Å². The summed E-state index contributed by atoms with van der Waals surface area (Å²) in [6, 6.07) is 13.0. The minimum atomic E-state index is -0.588. The monoisotopic (exact) mass is 415 g/mol. The third kappa shape index (κ3) is 4.38. The molecule has 2 aliphatic heterocycles. The molecule has 1 N–H and O–H groups in total. The minimum absolute atomic E-state index is 0.176. The summed E-state index contributed by atoms with van der Waals surface area (Å²) in [7, 11) is 0. The first-order valence-corrected chi connectivity index (χ1v) is 10.7. The van der Waals surface area contributed by atoms with Gasteiger partial charge in [-0.05, 0) is 30.3 Å². The van der Waals surface area contributed by atoms with Gasteiger partial charge in [0.1, 0.15) is 11.9 Å². The summed E-state index contributed by atoms with van der Waals surface area (Å²) >= 11 is 1.53. The summed E-state index contributed by atoms with van der Waals surface area (Å²) in [6.07, 6.45) is 0. The Bertz CT molecular complexity index is 890. The van der Waals surface area contributed by atoms with E-state index in [-0.39, 0.29) is 17.6 Å². The van der Waals surface area contributed by atoms with Crippen LogP contribution in [0, 0.1) is 5.82 Å². The average Bonchev–Trinajstić information content (AvgIpc) is 3.25. The summed E-state index contributed by atoms with van der Waals surface area (Å²) in [6.45, 7) is 2.42. The van der Waals surface area contributed by atoms with E-state index in [9.17, 15) is 14.0 Å². The number of nitrogens with one attached hydrogen (secondary N) is 1. The van der Waals surface area contributed by atoms with Crippen molar-refractivity contribution in [1.29, 1.82) is 0 Å². The van der Waals surface area contributed by atoms with E-state index >= 15 is 0 Å². The number of benzene rings is 2. The fraction of sp³-hybridized carbons (Fsp3) is 0.333. The van der Waals surface area contributed by atoms with E-state index in [0.29, 0.717) is 54.9 Å². The van der Waals surface area contributed by atoms with Crippen molar-refractivity contribution in [3.63, 3.8) is 0 Å². The minimum Gasteiger partial charge on any atom is -0.378 e. The molecule has 0 radical (unpaired) electrons. The molecule has 152 valence electrons. The van der Waals surface area contributed by atoms with Crippen LogP contribution in [0.3, 0.4) is 0 Å². The highest BCUT2D eigenvalue weighted by molar-refractivity contribution is 7.99. The molecule has 2 fully saturated rings. The number of hydrogen-bond donors (Lipinski definition) is 1. The Morgan fingerprint density at radius 1 is 1.10 bits per heavy atom. The van der Waals surface area contributed by atoms with E-state index in [2.05, 4.69) is 5.32 Å². The summed E-state index contributed by atoms with van der Waals surface area (Å²) in [5, 5.41) is 2.76. The smallest absolute Gasteiger partial charge is 0.255 e. The first-order chi connectivity index (χ1) is 14.1. The molecule has 29 heavy (non-hydrogen) atoms. The summed E-state index contributed by atoms with van der Waals surface area (Å²) in [5.41, 5.74) is 1.44. The summed E-state index contributed by atoms with van der Waals surface area (Å²) < 4.78 is 19.9. The van der Waals surface area contributed by atoms with Gasteiger partial charge in [-0.15, -0.1) is 11.8 Å². The van der Waals surface area contributed by atoms with Crippen LogP contribution in [0.5, 0.6) is 0 Å². The van der Waals surface area contributed by atoms with E-state index in [0.717, 1.165) is 0 Å². The van der Waals surface area contributed by atoms with E-state index in [4.69, 9.17) is 4.74 Å². The van der Waals surface area contributed by atoms with Crippen LogP contribution in [0.4, 0.5) is 15.8 Å². The zero-order valence-corrected chi connectivity index (χ0v) is 16.7. The number of thioether (sulfide) groups is 1. The third-order valence-corrected chi connectivity index (χ3v) is 6.05. The lowest BCUT2D eigenvalue weighted by Crippen LogP contribution is -2.44. The number of ether oxygens (including phenoxy) is 1. The van der Waals surface area contributed by atoms with E-state index in [1.807, 2.05) is 11.0 Å². The predicted octanol–water partition coefficient (Wildman–Crippen LogP) is 2.82. The Morgan fingerprint density at radius 3 is 2.59 bits per heavy atom. The quantitative estimate of drug-likeness (QED) is 0.832. The number of amides is 2. The normalized spacial score (nSPS) is 19.3. The second-order valence-electron chi connectivity index (χ2n) is 6.91. The fourth-order valence-corrected chi connectivity index (χ4v) is 4.63. The van der Waals surface area contributed by atoms with Gasteiger partial charge in [0.2, 0.25) is 5.91 Å². The molecule has 2 heterocycles. The molecule has 6 nitrogen and oxygen atoms in total. The Hall–Kier alpha value is -2.58. The maximum Gasteiger partial charge on any atom is 0.255 e. The van der Waals surface area contributed by atoms with Crippen molar-refractivity contribution in [2.24, 2.45) is 0 Å². The lowest BCUT2D eigenvalue weighted by atomic mass is 10.1. The predicted molar refractivity (Wildman–Crippen MR) is 112 cm³/mol. The standard InChI is InChI=1S/C21H22FN3O3S/c22-17-12-16(6-7-18(17)24-8-10-28-11-9-24)23-20(26)19-13-29-14-25(19)21(27)15-4-2-1-3-5-15/h1-7,12,19H,8-11,13-14H2,(H,23,26). The number of carbonyl (C=O) groups is 2. The van der Waals surface area contributed by atoms with Crippen molar-refractivity contribution in [3.8, 4) is 0 Å². The van der Waals surface area contributed by atoms with Crippen LogP contribution in [0.1, 0.15) is 10.4 Å². The van der Waals surface area contributed by atoms with Crippen LogP contribution in [-0.4, -0.2) is 60.7 Å². The molecule has 2 saturated heterocycles. The second kappa shape index (κ2) is 8.84. The number of halogens is 1. The van der Waals surface area contributed by atoms with Crippen molar-refractivity contribution in [2.45, 2.75) is 6.04 Å². The molecule has 0 spiro atoms. The summed E-state index contributed by atoms with van der Waals surface area (Å²) in [4.78, 5) is 29.0. The molecule has 2 aromatic rings. The number of anilines is 2. The van der Waals surface area contributed by atoms with Gasteiger partial charge in [-0.2, -0.15) is 0 Å². The molecule has 8 heteroatoms. The molecule has 2 aliphatic rings. The molecule has 1 unspecified atom stereocenters. The van der Waals surface area contributed by atoms with Crippen molar-refractivity contribution >= 4 is 35.0 Å². The lowest BCUT2D eigenvalue weighted by molar-refractivity contribution is -0.119. The molecule has 0 saturated carbocycles. The molecule has 0 aromatic heterocycles. The Morgan fingerprint density at radius 2 is 1.86 bits per heavy atom. The molecule has 4 rings (SSSR count). The maximum atomic E-state index is 14.6. The number of rotatable bonds is 4. The van der Waals surface area contributed by atoms with Gasteiger partial charge in [-0.1, -0.05) is 18.2 Å². The molecule has 0 bridgehead atoms. The highest BCUT2D eigenvalue weighted by Crippen LogP contribution is 2.26. The van der Waals surface area contributed by atoms with Crippen LogP contribution >= 0.6 is 11.8 Å². The van der Waals surface area contributed by atoms with Gasteiger partial charge in [0, 0.05) is 30.1 Å². The number of nitrogens with zero attached hydrogens (tertiary/aromatic N) is 2. The lowest BCUT2D eigenvalue weighted by Gasteiger charge is -2.29. The highest BCUT2D eigenvalue weighted by atomic mass is 32.2. The van der Waals surface area contributed by atoms with Crippen molar-refractivity contribution in [2.75, 3.05) is 48.1 Å². The van der Waals surface area contributed by atoms with Gasteiger partial charge >= 0.3 is 0 Å². The topological polar surface area (TPSA) is 61.9 Å². The Kier molecular flexibility index (Phi) is 6.01. The van der Waals surface area contributed by atoms with Crippen LogP contribution < -0.4 is 10.2 Å². The van der Waals surface area contributed by atoms with Gasteiger partial charge in [-0.3, -0.25) is 9.59 Å². The Labute approximate surface area is 173 Å². The van der Waals surface area contributed by atoms with Crippen LogP contribution in [0.2, 0.25) is 0 Å². The third-order valence-electron chi connectivity index (χ3n) is 5.03. The summed E-state index contributed by atoms with van der Waals surface area (Å²) in [5.74, 6) is 0.0969. The molecular formula is C21H22FN3O3S. The first-order valence-electron chi connectivity index (χ1n) is 9.50. The zero-order valence-electron chi connectivity index (χ0n) is 15.8. The van der Waals surface area contributed by atoms with Gasteiger partial charge < -0.3 is 19.9 Å². The van der Waals surface area contributed by atoms with Crippen LogP contribution in [0.25, 0.3) is 0 Å². The molecule has 1 atom stereocenters. The first kappa shape index (κ1) is 19.7. The average molecular weight is 415 g/mol. The van der Waals surface area contributed by atoms with Crippen molar-refractivity contribution in [1.82, 2.24) is 4.90 Å². The van der Waals surface area contributed by atoms with Crippen molar-refractivity contribution in [3.05, 3.63) is 59.9 Å². The maximum absolute atomic E-state index is 14.6. The van der Waals surface area contributed by atoms with Gasteiger partial charge in [0.25, 0.3) is 5.91 Å². The highest BCUT2D eigenvalue weighted by Gasteiger charge is 2.35. The molecule has 0 aliphatic carbocycles. The van der Waals surface area contributed by atoms with E-state index < -0.39 is 6.04 Å². The van der Waals surface area contributed by atoms with Gasteiger partial charge in [0.05, 0.1) is 24.8 Å². The SMILES string of the molecule is O=C(Nc1ccc(N2CCOCC2)c(F)c1)C1CSCN1C(=O)c1ccccc1. The van der Waals surface area contributed by atoms with Gasteiger partial charge in [0.15, 0.2) is 0 Å². The Balaban J connectivity index is 1.44. The molecule has 2 amide bonds. The van der Waals surface area contributed by atoms with E-state index in [1.165, 1.54) is 17.8 Å². The molecule has 2 aromatic carbocycles. The number of morpholine rings is 1. The van der Waals surface area contributed by atoms with E-state index in [1.54, 1.807) is 41.3 Å². The van der Waals surface area contributed by atoms with Gasteiger partial charge in [-0.25, -0.2) is 4.39 Å². The van der Waals surface area contributed by atoms with Crippen LogP contribution in [-0.2, 0) is 9.53 Å². The van der Waals surface area contributed by atoms with Crippen molar-refractivity contribution < 1.29 is 18.7 Å². The zero-order chi connectivity index (χ0) is 20.2. The largest absolute Gasteiger partial charge is 0.378 e. The fourth-order valence-electron chi connectivity index (χ4n) is 3.48. The second-order valence-corrected chi connectivity index (χ2v) is 7.91.